The van der Waals surface area contributed by atoms with Gasteiger partial charge in [-0.3, -0.25) is 14.5 Å². The van der Waals surface area contributed by atoms with Gasteiger partial charge in [-0.15, -0.1) is 5.10 Å². The summed E-state index contributed by atoms with van der Waals surface area (Å²) in [6.45, 7) is 3.92. The van der Waals surface area contributed by atoms with E-state index in [2.05, 4.69) is 22.6 Å². The number of carbonyl (C=O) groups excluding carboxylic acids is 2. The fourth-order valence-electron chi connectivity index (χ4n) is 4.23. The fraction of sp³-hybridized carbons (Fsp3) is 0.214. The van der Waals surface area contributed by atoms with Gasteiger partial charge in [0.2, 0.25) is 5.91 Å². The predicted octanol–water partition coefficient (Wildman–Crippen LogP) is 4.58. The molecule has 0 spiro atoms. The molecular formula is C28H27N5O4. The van der Waals surface area contributed by atoms with E-state index >= 15 is 0 Å². The van der Waals surface area contributed by atoms with Crippen molar-refractivity contribution in [1.29, 1.82) is 0 Å². The number of carbonyl (C=O) groups is 2. The first kappa shape index (κ1) is 24.1. The van der Waals surface area contributed by atoms with Gasteiger partial charge in [0.15, 0.2) is 6.04 Å². The van der Waals surface area contributed by atoms with E-state index in [1.807, 2.05) is 48.5 Å². The van der Waals surface area contributed by atoms with Crippen molar-refractivity contribution in [1.82, 2.24) is 20.3 Å². The Morgan fingerprint density at radius 3 is 2.54 bits per heavy atom. The minimum Gasteiger partial charge on any atom is -0.467 e. The zero-order valence-electron chi connectivity index (χ0n) is 20.6. The maximum atomic E-state index is 14.0. The largest absolute Gasteiger partial charge is 0.467 e. The van der Waals surface area contributed by atoms with Crippen molar-refractivity contribution in [3.8, 4) is 0 Å². The Balaban J connectivity index is 1.54. The monoisotopic (exact) mass is 497 g/mol. The van der Waals surface area contributed by atoms with Crippen LogP contribution in [0.15, 0.2) is 87.9 Å². The van der Waals surface area contributed by atoms with Crippen LogP contribution in [0.2, 0.25) is 0 Å². The molecule has 188 valence electrons. The molecule has 0 fully saturated rings. The first-order valence-electron chi connectivity index (χ1n) is 12.1. The van der Waals surface area contributed by atoms with E-state index in [9.17, 15) is 9.59 Å². The Morgan fingerprint density at radius 1 is 1.03 bits per heavy atom. The number of benzene rings is 2. The van der Waals surface area contributed by atoms with Crippen LogP contribution in [0.1, 0.15) is 35.8 Å². The van der Waals surface area contributed by atoms with Gasteiger partial charge in [0.1, 0.15) is 29.3 Å². The summed E-state index contributed by atoms with van der Waals surface area (Å²) >= 11 is 0. The van der Waals surface area contributed by atoms with Crippen molar-refractivity contribution in [3.05, 3.63) is 102 Å². The molecule has 0 bridgehead atoms. The third-order valence-electron chi connectivity index (χ3n) is 6.15. The van der Waals surface area contributed by atoms with E-state index in [-0.39, 0.29) is 19.0 Å². The van der Waals surface area contributed by atoms with E-state index in [0.29, 0.717) is 28.5 Å². The highest BCUT2D eigenvalue weighted by Crippen LogP contribution is 2.30. The van der Waals surface area contributed by atoms with Crippen LogP contribution in [0.25, 0.3) is 11.0 Å². The van der Waals surface area contributed by atoms with Gasteiger partial charge in [-0.1, -0.05) is 36.4 Å². The molecule has 2 aromatic carbocycles. The molecule has 5 rings (SSSR count). The highest BCUT2D eigenvalue weighted by molar-refractivity contribution is 6.01. The second-order valence-corrected chi connectivity index (χ2v) is 8.67. The molecule has 1 N–H and O–H groups in total. The summed E-state index contributed by atoms with van der Waals surface area (Å²) < 4.78 is 12.8. The molecule has 37 heavy (non-hydrogen) atoms. The summed E-state index contributed by atoms with van der Waals surface area (Å²) in [5, 5.41) is 11.2. The van der Waals surface area contributed by atoms with E-state index in [1.165, 1.54) is 9.58 Å². The van der Waals surface area contributed by atoms with Gasteiger partial charge in [-0.25, -0.2) is 4.68 Å². The van der Waals surface area contributed by atoms with Crippen molar-refractivity contribution < 1.29 is 18.4 Å². The van der Waals surface area contributed by atoms with Crippen molar-refractivity contribution >= 4 is 28.5 Å². The number of para-hydroxylation sites is 1. The molecule has 0 saturated carbocycles. The van der Waals surface area contributed by atoms with Gasteiger partial charge >= 0.3 is 0 Å². The highest BCUT2D eigenvalue weighted by atomic mass is 16.3. The summed E-state index contributed by atoms with van der Waals surface area (Å²) in [6.07, 6.45) is 2.39. The topological polar surface area (TPSA) is 106 Å². The molecule has 9 heteroatoms. The number of aryl methyl sites for hydroxylation is 2. The van der Waals surface area contributed by atoms with Crippen molar-refractivity contribution in [3.63, 3.8) is 0 Å². The Hall–Kier alpha value is -4.66. The van der Waals surface area contributed by atoms with Crippen molar-refractivity contribution in [2.24, 2.45) is 0 Å². The number of amides is 2. The molecule has 0 saturated heterocycles. The lowest BCUT2D eigenvalue weighted by molar-refractivity contribution is -0.127. The Labute approximate surface area is 213 Å². The van der Waals surface area contributed by atoms with Crippen LogP contribution < -0.4 is 10.2 Å². The quantitative estimate of drug-likeness (QED) is 0.320. The number of aromatic nitrogens is 3. The molecule has 3 heterocycles. The van der Waals surface area contributed by atoms with Gasteiger partial charge < -0.3 is 14.2 Å². The fourth-order valence-corrected chi connectivity index (χ4v) is 4.23. The number of nitrogens with zero attached hydrogens (tertiary/aromatic N) is 4. The van der Waals surface area contributed by atoms with Crippen LogP contribution in [-0.2, 0) is 29.1 Å². The van der Waals surface area contributed by atoms with Crippen LogP contribution in [-0.4, -0.2) is 26.8 Å². The number of anilines is 1. The van der Waals surface area contributed by atoms with E-state index < -0.39 is 11.9 Å². The smallest absolute Gasteiger partial charge is 0.251 e. The number of fused-ring (bicyclic) bond motifs is 1. The number of nitrogens with one attached hydrogen (secondary N) is 1. The standard InChI is InChI=1S/C28H27N5O4/c1-3-20-11-13-21(14-12-20)33(26(34)18-32-24-9-5-4-8-23(24)30-31-32)27(25-15-10-19(2)37-25)28(35)29-17-22-7-6-16-36-22/h4-16,27H,3,17-18H2,1-2H3,(H,29,35). The number of rotatable bonds is 9. The maximum absolute atomic E-state index is 14.0. The van der Waals surface area contributed by atoms with Crippen LogP contribution in [0.5, 0.6) is 0 Å². The molecule has 2 amide bonds. The second-order valence-electron chi connectivity index (χ2n) is 8.67. The van der Waals surface area contributed by atoms with Gasteiger partial charge in [0.25, 0.3) is 5.91 Å². The van der Waals surface area contributed by atoms with E-state index in [1.54, 1.807) is 37.5 Å². The lowest BCUT2D eigenvalue weighted by atomic mass is 10.1. The minimum atomic E-state index is -1.06. The van der Waals surface area contributed by atoms with Gasteiger partial charge in [0, 0.05) is 5.69 Å². The molecule has 0 radical (unpaired) electrons. The van der Waals surface area contributed by atoms with Crippen LogP contribution >= 0.6 is 0 Å². The predicted molar refractivity (Wildman–Crippen MR) is 138 cm³/mol. The van der Waals surface area contributed by atoms with Crippen molar-refractivity contribution in [2.75, 3.05) is 4.90 Å². The molecule has 5 aromatic rings. The SMILES string of the molecule is CCc1ccc(N(C(=O)Cn2nnc3ccccc32)C(C(=O)NCc2ccco2)c2ccc(C)o2)cc1. The minimum absolute atomic E-state index is 0.113. The van der Waals surface area contributed by atoms with E-state index in [4.69, 9.17) is 8.83 Å². The zero-order chi connectivity index (χ0) is 25.8. The average Bonchev–Trinajstić information content (AvgIpc) is 3.68. The summed E-state index contributed by atoms with van der Waals surface area (Å²) in [4.78, 5) is 29.1. The zero-order valence-corrected chi connectivity index (χ0v) is 20.6. The first-order chi connectivity index (χ1) is 18.0. The molecule has 1 unspecified atom stereocenters. The number of hydrogen-bond acceptors (Lipinski definition) is 6. The number of furan rings is 2. The van der Waals surface area contributed by atoms with Crippen LogP contribution in [0.4, 0.5) is 5.69 Å². The van der Waals surface area contributed by atoms with Gasteiger partial charge in [-0.05, 0) is 67.4 Å². The average molecular weight is 498 g/mol. The lowest BCUT2D eigenvalue weighted by Crippen LogP contribution is -2.45. The third-order valence-corrected chi connectivity index (χ3v) is 6.15. The summed E-state index contributed by atoms with van der Waals surface area (Å²) in [5.41, 5.74) is 3.10. The molecule has 1 atom stereocenters. The summed E-state index contributed by atoms with van der Waals surface area (Å²) in [6, 6.07) is 21.0. The first-order valence-corrected chi connectivity index (χ1v) is 12.1. The normalized spacial score (nSPS) is 11.9. The second kappa shape index (κ2) is 10.5. The van der Waals surface area contributed by atoms with Gasteiger partial charge in [-0.2, -0.15) is 0 Å². The molecule has 0 aliphatic rings. The molecule has 0 aliphatic heterocycles. The maximum Gasteiger partial charge on any atom is 0.251 e. The van der Waals surface area contributed by atoms with Crippen LogP contribution in [0, 0.1) is 6.92 Å². The molecule has 9 nitrogen and oxygen atoms in total. The highest BCUT2D eigenvalue weighted by Gasteiger charge is 2.35. The lowest BCUT2D eigenvalue weighted by Gasteiger charge is -2.30. The third kappa shape index (κ3) is 5.16. The molecule has 0 aliphatic carbocycles. The molecular weight excluding hydrogens is 470 g/mol. The van der Waals surface area contributed by atoms with E-state index in [0.717, 1.165) is 17.5 Å². The summed E-state index contributed by atoms with van der Waals surface area (Å²) in [5.74, 6) is 0.844. The summed E-state index contributed by atoms with van der Waals surface area (Å²) in [7, 11) is 0. The Bertz CT molecular complexity index is 1500. The van der Waals surface area contributed by atoms with Crippen LogP contribution in [0.3, 0.4) is 0 Å². The number of hydrogen-bond donors (Lipinski definition) is 1. The van der Waals surface area contributed by atoms with Gasteiger partial charge in [0.05, 0.1) is 18.3 Å². The Kier molecular flexibility index (Phi) is 6.85. The molecule has 3 aromatic heterocycles. The Morgan fingerprint density at radius 2 is 1.84 bits per heavy atom. The van der Waals surface area contributed by atoms with Crippen molar-refractivity contribution in [2.45, 2.75) is 39.4 Å².